The van der Waals surface area contributed by atoms with E-state index in [-0.39, 0.29) is 16.2 Å². The molecule has 0 amide bonds. The highest BCUT2D eigenvalue weighted by Gasteiger charge is 2.37. The fourth-order valence-electron chi connectivity index (χ4n) is 2.88. The van der Waals surface area contributed by atoms with Crippen molar-refractivity contribution >= 4 is 26.5 Å². The highest BCUT2D eigenvalue weighted by molar-refractivity contribution is 7.93. The van der Waals surface area contributed by atoms with Crippen LogP contribution in [0.3, 0.4) is 0 Å². The maximum atomic E-state index is 12.5. The van der Waals surface area contributed by atoms with Gasteiger partial charge in [0.15, 0.2) is 0 Å². The van der Waals surface area contributed by atoms with Crippen LogP contribution < -0.4 is 10.5 Å². The number of hydrogen-bond donors (Lipinski definition) is 2. The zero-order valence-corrected chi connectivity index (χ0v) is 15.5. The predicted octanol–water partition coefficient (Wildman–Crippen LogP) is 2.84. The normalized spacial score (nSPS) is 16.8. The van der Waals surface area contributed by atoms with E-state index in [4.69, 9.17) is 5.73 Å². The average molecular weight is 367 g/mol. The number of aromatic nitrogens is 2. The Labute approximate surface area is 146 Å². The lowest BCUT2D eigenvalue weighted by atomic mass is 9.64. The van der Waals surface area contributed by atoms with E-state index in [1.54, 1.807) is 12.1 Å². The molecule has 1 aromatic carbocycles. The van der Waals surface area contributed by atoms with Crippen molar-refractivity contribution in [3.8, 4) is 0 Å². The van der Waals surface area contributed by atoms with Gasteiger partial charge in [-0.15, -0.1) is 10.2 Å². The Balaban J connectivity index is 1.79. The van der Waals surface area contributed by atoms with Gasteiger partial charge in [0, 0.05) is 17.9 Å². The van der Waals surface area contributed by atoms with Crippen molar-refractivity contribution in [2.75, 3.05) is 11.3 Å². The van der Waals surface area contributed by atoms with Gasteiger partial charge in [-0.1, -0.05) is 43.7 Å². The maximum absolute atomic E-state index is 12.5. The Hall–Kier alpha value is -1.51. The quantitative estimate of drug-likeness (QED) is 0.819. The summed E-state index contributed by atoms with van der Waals surface area (Å²) in [7, 11) is -3.66. The second-order valence-corrected chi connectivity index (χ2v) is 9.26. The number of benzene rings is 1. The van der Waals surface area contributed by atoms with Crippen LogP contribution in [0.1, 0.15) is 49.6 Å². The molecule has 1 aromatic heterocycles. The molecule has 1 heterocycles. The third-order valence-corrected chi connectivity index (χ3v) is 7.26. The van der Waals surface area contributed by atoms with Crippen molar-refractivity contribution in [3.05, 3.63) is 34.8 Å². The van der Waals surface area contributed by atoms with Crippen molar-refractivity contribution < 1.29 is 8.42 Å². The van der Waals surface area contributed by atoms with Gasteiger partial charge in [-0.25, -0.2) is 8.42 Å². The van der Waals surface area contributed by atoms with Crippen LogP contribution in [0, 0.1) is 0 Å². The number of nitrogens with one attached hydrogen (secondary N) is 1. The Morgan fingerprint density at radius 3 is 2.38 bits per heavy atom. The zero-order valence-electron chi connectivity index (χ0n) is 13.8. The summed E-state index contributed by atoms with van der Waals surface area (Å²) < 4.78 is 27.5. The van der Waals surface area contributed by atoms with Crippen LogP contribution in [0.2, 0.25) is 0 Å². The van der Waals surface area contributed by atoms with Crippen LogP contribution in [-0.4, -0.2) is 25.2 Å². The molecular weight excluding hydrogens is 344 g/mol. The van der Waals surface area contributed by atoms with Gasteiger partial charge < -0.3 is 5.73 Å². The Bertz CT molecular complexity index is 803. The minimum Gasteiger partial charge on any atom is -0.330 e. The molecule has 130 valence electrons. The summed E-state index contributed by atoms with van der Waals surface area (Å²) in [6.07, 6.45) is 3.31. The van der Waals surface area contributed by atoms with E-state index in [1.165, 1.54) is 17.8 Å². The Morgan fingerprint density at radius 1 is 1.25 bits per heavy atom. The van der Waals surface area contributed by atoms with E-state index < -0.39 is 10.0 Å². The third-order valence-electron chi connectivity index (χ3n) is 4.63. The van der Waals surface area contributed by atoms with Gasteiger partial charge in [0.25, 0.3) is 10.0 Å². The summed E-state index contributed by atoms with van der Waals surface area (Å²) in [5.74, 6) is 0.218. The van der Waals surface area contributed by atoms with Gasteiger partial charge in [-0.05, 0) is 30.5 Å². The van der Waals surface area contributed by atoms with Gasteiger partial charge in [0.1, 0.15) is 5.01 Å². The SMILES string of the molecule is CC(C)c1nnc(NS(=O)(=O)c2ccc(C3(CN)CCC3)cc2)s1. The highest BCUT2D eigenvalue weighted by atomic mass is 32.2. The molecule has 1 aliphatic rings. The molecule has 24 heavy (non-hydrogen) atoms. The van der Waals surface area contributed by atoms with Gasteiger partial charge in [-0.3, -0.25) is 4.72 Å². The van der Waals surface area contributed by atoms with Crippen molar-refractivity contribution in [1.29, 1.82) is 0 Å². The molecule has 0 spiro atoms. The molecule has 1 aliphatic carbocycles. The number of nitrogens with two attached hydrogens (primary N) is 1. The molecule has 8 heteroatoms. The minimum atomic E-state index is -3.66. The van der Waals surface area contributed by atoms with Crippen LogP contribution >= 0.6 is 11.3 Å². The van der Waals surface area contributed by atoms with Gasteiger partial charge >= 0.3 is 0 Å². The summed E-state index contributed by atoms with van der Waals surface area (Å²) in [6.45, 7) is 4.58. The lowest BCUT2D eigenvalue weighted by Gasteiger charge is -2.41. The second-order valence-electron chi connectivity index (χ2n) is 6.57. The number of anilines is 1. The van der Waals surface area contributed by atoms with Gasteiger partial charge in [0.2, 0.25) is 5.13 Å². The van der Waals surface area contributed by atoms with Crippen molar-refractivity contribution in [2.24, 2.45) is 5.73 Å². The molecule has 0 radical (unpaired) electrons. The molecule has 0 atom stereocenters. The first kappa shape index (κ1) is 17.3. The third kappa shape index (κ3) is 3.18. The molecule has 3 N–H and O–H groups in total. The fourth-order valence-corrected chi connectivity index (χ4v) is 4.86. The molecule has 0 aliphatic heterocycles. The molecular formula is C16H22N4O2S2. The molecule has 3 rings (SSSR count). The summed E-state index contributed by atoms with van der Waals surface area (Å²) >= 11 is 1.26. The van der Waals surface area contributed by atoms with Crippen molar-refractivity contribution in [3.63, 3.8) is 0 Å². The summed E-state index contributed by atoms with van der Waals surface area (Å²) in [6, 6.07) is 7.02. The first-order valence-corrected chi connectivity index (χ1v) is 10.3. The minimum absolute atomic E-state index is 0.0289. The van der Waals surface area contributed by atoms with Crippen molar-refractivity contribution in [1.82, 2.24) is 10.2 Å². The Kier molecular flexibility index (Phi) is 4.63. The first-order valence-electron chi connectivity index (χ1n) is 8.03. The van der Waals surface area contributed by atoms with Crippen LogP contribution in [0.4, 0.5) is 5.13 Å². The van der Waals surface area contributed by atoms with Gasteiger partial charge in [0.05, 0.1) is 4.90 Å². The summed E-state index contributed by atoms with van der Waals surface area (Å²) in [5, 5.41) is 9.00. The smallest absolute Gasteiger partial charge is 0.263 e. The molecule has 0 bridgehead atoms. The molecule has 6 nitrogen and oxygen atoms in total. The second kappa shape index (κ2) is 6.42. The maximum Gasteiger partial charge on any atom is 0.263 e. The molecule has 0 unspecified atom stereocenters. The monoisotopic (exact) mass is 366 g/mol. The molecule has 1 fully saturated rings. The van der Waals surface area contributed by atoms with E-state index in [0.29, 0.717) is 11.7 Å². The number of hydrogen-bond acceptors (Lipinski definition) is 6. The predicted molar refractivity (Wildman–Crippen MR) is 95.8 cm³/mol. The Morgan fingerprint density at radius 2 is 1.92 bits per heavy atom. The number of nitrogens with zero attached hydrogens (tertiary/aromatic N) is 2. The van der Waals surface area contributed by atoms with E-state index in [9.17, 15) is 8.42 Å². The molecule has 0 saturated heterocycles. The van der Waals surface area contributed by atoms with Crippen LogP contribution in [0.15, 0.2) is 29.2 Å². The summed E-state index contributed by atoms with van der Waals surface area (Å²) in [4.78, 5) is 0.221. The summed E-state index contributed by atoms with van der Waals surface area (Å²) in [5.41, 5.74) is 7.06. The number of rotatable bonds is 6. The van der Waals surface area contributed by atoms with E-state index >= 15 is 0 Å². The van der Waals surface area contributed by atoms with E-state index in [0.717, 1.165) is 23.4 Å². The number of sulfonamides is 1. The highest BCUT2D eigenvalue weighted by Crippen LogP contribution is 2.42. The molecule has 2 aromatic rings. The van der Waals surface area contributed by atoms with Crippen molar-refractivity contribution in [2.45, 2.75) is 49.3 Å². The topological polar surface area (TPSA) is 98.0 Å². The fraction of sp³-hybridized carbons (Fsp3) is 0.500. The lowest BCUT2D eigenvalue weighted by Crippen LogP contribution is -2.41. The van der Waals surface area contributed by atoms with E-state index in [2.05, 4.69) is 14.9 Å². The largest absolute Gasteiger partial charge is 0.330 e. The van der Waals surface area contributed by atoms with Crippen LogP contribution in [0.5, 0.6) is 0 Å². The first-order chi connectivity index (χ1) is 11.4. The molecule has 1 saturated carbocycles. The van der Waals surface area contributed by atoms with Crippen LogP contribution in [0.25, 0.3) is 0 Å². The standard InChI is InChI=1S/C16H22N4O2S2/c1-11(2)14-18-19-15(23-14)20-24(21,22)13-6-4-12(5-7-13)16(10-17)8-3-9-16/h4-7,11H,3,8-10,17H2,1-2H3,(H,19,20). The zero-order chi connectivity index (χ0) is 17.4. The van der Waals surface area contributed by atoms with E-state index in [1.807, 2.05) is 26.0 Å². The average Bonchev–Trinajstić information content (AvgIpc) is 2.95. The van der Waals surface area contributed by atoms with Gasteiger partial charge in [-0.2, -0.15) is 0 Å². The van der Waals surface area contributed by atoms with Crippen LogP contribution in [-0.2, 0) is 15.4 Å². The lowest BCUT2D eigenvalue weighted by molar-refractivity contribution is 0.253.